The van der Waals surface area contributed by atoms with E-state index >= 15 is 0 Å². The summed E-state index contributed by atoms with van der Waals surface area (Å²) in [7, 11) is 0. The van der Waals surface area contributed by atoms with Gasteiger partial charge in [-0.25, -0.2) is 9.78 Å². The molecule has 0 saturated carbocycles. The standard InChI is InChI=1S/C18H22N4OS.C2HF3O2/c23-17(16-11-19-6-7-20-16)22-8-2-4-18(14-22)5-9-21(13-18)12-15-3-1-10-24-15;3-2(4,5)1(6)7/h1,3,6-7,10-11H,2,4-5,8-9,12-14H2;(H,6,7). The highest BCUT2D eigenvalue weighted by Crippen LogP contribution is 2.39. The Morgan fingerprint density at radius 3 is 2.58 bits per heavy atom. The van der Waals surface area contributed by atoms with Gasteiger partial charge in [0, 0.05) is 48.9 Å². The van der Waals surface area contributed by atoms with Crippen LogP contribution in [0.15, 0.2) is 36.1 Å². The number of hydrogen-bond acceptors (Lipinski definition) is 6. The first-order chi connectivity index (χ1) is 14.7. The minimum Gasteiger partial charge on any atom is -0.475 e. The average molecular weight is 456 g/mol. The van der Waals surface area contributed by atoms with Gasteiger partial charge in [0.25, 0.3) is 5.91 Å². The van der Waals surface area contributed by atoms with Crippen LogP contribution in [0.3, 0.4) is 0 Å². The third-order valence-corrected chi connectivity index (χ3v) is 6.31. The molecule has 7 nitrogen and oxygen atoms in total. The number of carbonyl (C=O) groups excluding carboxylic acids is 1. The van der Waals surface area contributed by atoms with E-state index in [2.05, 4.69) is 32.4 Å². The SMILES string of the molecule is O=C(O)C(F)(F)F.O=C(c1cnccn1)N1CCCC2(CCN(Cc3cccs3)C2)C1. The van der Waals surface area contributed by atoms with Gasteiger partial charge in [-0.3, -0.25) is 14.7 Å². The van der Waals surface area contributed by atoms with E-state index in [1.807, 2.05) is 16.2 Å². The summed E-state index contributed by atoms with van der Waals surface area (Å²) in [6.07, 6.45) is 3.17. The molecule has 1 N–H and O–H groups in total. The van der Waals surface area contributed by atoms with Crippen molar-refractivity contribution >= 4 is 23.2 Å². The molecule has 0 bridgehead atoms. The quantitative estimate of drug-likeness (QED) is 0.763. The van der Waals surface area contributed by atoms with Crippen LogP contribution in [0.5, 0.6) is 0 Å². The molecule has 0 aliphatic carbocycles. The number of carboxylic acids is 1. The zero-order valence-corrected chi connectivity index (χ0v) is 17.5. The van der Waals surface area contributed by atoms with E-state index in [1.54, 1.807) is 18.6 Å². The van der Waals surface area contributed by atoms with Crippen molar-refractivity contribution < 1.29 is 27.9 Å². The van der Waals surface area contributed by atoms with Gasteiger partial charge in [-0.1, -0.05) is 6.07 Å². The van der Waals surface area contributed by atoms with Crippen molar-refractivity contribution in [2.45, 2.75) is 32.0 Å². The lowest BCUT2D eigenvalue weighted by Crippen LogP contribution is -2.47. The fourth-order valence-corrected chi connectivity index (χ4v) is 4.82. The molecule has 2 saturated heterocycles. The second-order valence-corrected chi connectivity index (χ2v) is 8.80. The second-order valence-electron chi connectivity index (χ2n) is 7.76. The predicted molar refractivity (Wildman–Crippen MR) is 108 cm³/mol. The van der Waals surface area contributed by atoms with Crippen LogP contribution in [0.4, 0.5) is 13.2 Å². The minimum atomic E-state index is -5.08. The van der Waals surface area contributed by atoms with E-state index in [4.69, 9.17) is 9.90 Å². The van der Waals surface area contributed by atoms with Gasteiger partial charge in [0.1, 0.15) is 5.69 Å². The molecule has 1 amide bonds. The van der Waals surface area contributed by atoms with Crippen molar-refractivity contribution in [3.8, 4) is 0 Å². The number of amides is 1. The van der Waals surface area contributed by atoms with Crippen molar-refractivity contribution in [2.24, 2.45) is 5.41 Å². The number of thiophene rings is 1. The van der Waals surface area contributed by atoms with Crippen LogP contribution < -0.4 is 0 Å². The van der Waals surface area contributed by atoms with E-state index in [9.17, 15) is 18.0 Å². The largest absolute Gasteiger partial charge is 0.490 e. The van der Waals surface area contributed by atoms with E-state index in [0.29, 0.717) is 5.69 Å². The number of nitrogens with zero attached hydrogens (tertiary/aromatic N) is 4. The number of hydrogen-bond donors (Lipinski definition) is 1. The van der Waals surface area contributed by atoms with Gasteiger partial charge in [0.15, 0.2) is 0 Å². The maximum atomic E-state index is 12.7. The second kappa shape index (κ2) is 9.73. The molecule has 2 aromatic heterocycles. The van der Waals surface area contributed by atoms with E-state index < -0.39 is 12.1 Å². The van der Waals surface area contributed by atoms with Crippen molar-refractivity contribution in [3.63, 3.8) is 0 Å². The number of piperidine rings is 1. The zero-order valence-electron chi connectivity index (χ0n) is 16.7. The molecule has 0 aromatic carbocycles. The molecule has 11 heteroatoms. The molecular formula is C20H23F3N4O3S. The molecule has 2 aliphatic heterocycles. The van der Waals surface area contributed by atoms with E-state index in [1.165, 1.54) is 17.7 Å². The lowest BCUT2D eigenvalue weighted by atomic mass is 9.79. The Kier molecular flexibility index (Phi) is 7.26. The highest BCUT2D eigenvalue weighted by Gasteiger charge is 2.42. The summed E-state index contributed by atoms with van der Waals surface area (Å²) in [5, 5.41) is 9.27. The Morgan fingerprint density at radius 1 is 1.19 bits per heavy atom. The minimum absolute atomic E-state index is 0.0267. The number of rotatable bonds is 3. The van der Waals surface area contributed by atoms with Crippen molar-refractivity contribution in [2.75, 3.05) is 26.2 Å². The molecule has 2 aliphatic rings. The van der Waals surface area contributed by atoms with Crippen LogP contribution in [-0.4, -0.2) is 69.1 Å². The van der Waals surface area contributed by atoms with Gasteiger partial charge in [-0.2, -0.15) is 13.2 Å². The third-order valence-electron chi connectivity index (χ3n) is 5.45. The average Bonchev–Trinajstić information content (AvgIpc) is 3.38. The Balaban J connectivity index is 0.000000339. The van der Waals surface area contributed by atoms with Crippen LogP contribution in [0, 0.1) is 5.41 Å². The lowest BCUT2D eigenvalue weighted by Gasteiger charge is -2.40. The molecule has 1 unspecified atom stereocenters. The summed E-state index contributed by atoms with van der Waals surface area (Å²) in [6, 6.07) is 4.33. The highest BCUT2D eigenvalue weighted by molar-refractivity contribution is 7.09. The van der Waals surface area contributed by atoms with Crippen molar-refractivity contribution in [3.05, 3.63) is 46.7 Å². The fourth-order valence-electron chi connectivity index (χ4n) is 4.07. The van der Waals surface area contributed by atoms with Gasteiger partial charge in [0.2, 0.25) is 0 Å². The van der Waals surface area contributed by atoms with Crippen molar-refractivity contribution in [1.29, 1.82) is 0 Å². The van der Waals surface area contributed by atoms with Gasteiger partial charge >= 0.3 is 12.1 Å². The molecule has 31 heavy (non-hydrogen) atoms. The van der Waals surface area contributed by atoms with Crippen molar-refractivity contribution in [1.82, 2.24) is 19.8 Å². The first-order valence-electron chi connectivity index (χ1n) is 9.79. The Morgan fingerprint density at radius 2 is 1.97 bits per heavy atom. The normalized spacial score (nSPS) is 21.6. The molecule has 0 radical (unpaired) electrons. The predicted octanol–water partition coefficient (Wildman–Crippen LogP) is 3.30. The topological polar surface area (TPSA) is 86.6 Å². The first-order valence-corrected chi connectivity index (χ1v) is 10.7. The molecule has 1 spiro atoms. The molecule has 2 fully saturated rings. The summed E-state index contributed by atoms with van der Waals surface area (Å²) in [5.74, 6) is -2.73. The molecule has 2 aromatic rings. The number of carbonyl (C=O) groups is 2. The monoisotopic (exact) mass is 456 g/mol. The summed E-state index contributed by atoms with van der Waals surface area (Å²) < 4.78 is 31.7. The molecular weight excluding hydrogens is 433 g/mol. The fraction of sp³-hybridized carbons (Fsp3) is 0.500. The van der Waals surface area contributed by atoms with Crippen LogP contribution in [0.25, 0.3) is 0 Å². The van der Waals surface area contributed by atoms with E-state index in [0.717, 1.165) is 39.1 Å². The summed E-state index contributed by atoms with van der Waals surface area (Å²) in [6.45, 7) is 4.95. The molecule has 1 atom stereocenters. The summed E-state index contributed by atoms with van der Waals surface area (Å²) in [4.78, 5) is 35.7. The smallest absolute Gasteiger partial charge is 0.475 e. The maximum Gasteiger partial charge on any atom is 0.490 e. The number of alkyl halides is 3. The highest BCUT2D eigenvalue weighted by atomic mass is 32.1. The number of aromatic nitrogens is 2. The van der Waals surface area contributed by atoms with Crippen LogP contribution in [0.1, 0.15) is 34.6 Å². The third kappa shape index (κ3) is 6.23. The Hall–Kier alpha value is -2.53. The van der Waals surface area contributed by atoms with Gasteiger partial charge in [-0.05, 0) is 37.3 Å². The number of carboxylic acid groups (broad SMARTS) is 1. The van der Waals surface area contributed by atoms with Crippen LogP contribution >= 0.6 is 11.3 Å². The molecule has 168 valence electrons. The van der Waals surface area contributed by atoms with Gasteiger partial charge in [-0.15, -0.1) is 11.3 Å². The number of likely N-dealkylation sites (tertiary alicyclic amines) is 2. The number of halogens is 3. The molecule has 4 rings (SSSR count). The van der Waals surface area contributed by atoms with Crippen LogP contribution in [-0.2, 0) is 11.3 Å². The van der Waals surface area contributed by atoms with Crippen LogP contribution in [0.2, 0.25) is 0 Å². The Labute approximate surface area is 181 Å². The molecule has 4 heterocycles. The zero-order chi connectivity index (χ0) is 22.5. The number of aliphatic carboxylic acids is 1. The maximum absolute atomic E-state index is 12.7. The summed E-state index contributed by atoms with van der Waals surface area (Å²) in [5.41, 5.74) is 0.718. The van der Waals surface area contributed by atoms with E-state index in [-0.39, 0.29) is 11.3 Å². The Bertz CT molecular complexity index is 880. The summed E-state index contributed by atoms with van der Waals surface area (Å²) >= 11 is 1.83. The van der Waals surface area contributed by atoms with Gasteiger partial charge in [0.05, 0.1) is 6.20 Å². The van der Waals surface area contributed by atoms with Gasteiger partial charge < -0.3 is 10.0 Å². The first kappa shape index (κ1) is 23.1. The lowest BCUT2D eigenvalue weighted by molar-refractivity contribution is -0.192.